The number of ether oxygens (including phenoxy) is 2. The van der Waals surface area contributed by atoms with Gasteiger partial charge in [-0.25, -0.2) is 0 Å². The van der Waals surface area contributed by atoms with Crippen molar-refractivity contribution in [3.63, 3.8) is 0 Å². The third kappa shape index (κ3) is 3.51. The first-order valence-electron chi connectivity index (χ1n) is 10.3. The smallest absolute Gasteiger partial charge is 0.264 e. The molecule has 1 atom stereocenters. The Morgan fingerprint density at radius 2 is 1.72 bits per heavy atom. The highest BCUT2D eigenvalue weighted by Crippen LogP contribution is 2.44. The maximum absolute atomic E-state index is 13.4. The Labute approximate surface area is 189 Å². The molecule has 2 aliphatic heterocycles. The molecule has 0 saturated heterocycles. The summed E-state index contributed by atoms with van der Waals surface area (Å²) >= 11 is 5.97. The van der Waals surface area contributed by atoms with E-state index in [-0.39, 0.29) is 18.7 Å². The quantitative estimate of drug-likeness (QED) is 0.593. The molecule has 0 radical (unpaired) electrons. The normalized spacial score (nSPS) is 19.1. The summed E-state index contributed by atoms with van der Waals surface area (Å²) in [5.41, 5.74) is 0.270. The first kappa shape index (κ1) is 20.5. The van der Waals surface area contributed by atoms with Gasteiger partial charge in [-0.2, -0.15) is 0 Å². The molecule has 0 spiro atoms. The molecule has 3 aromatic carbocycles. The van der Waals surface area contributed by atoms with E-state index in [9.17, 15) is 14.7 Å². The number of aliphatic hydroxyl groups is 1. The lowest BCUT2D eigenvalue weighted by atomic mass is 9.88. The third-order valence-corrected chi connectivity index (χ3v) is 6.03. The van der Waals surface area contributed by atoms with Crippen molar-refractivity contribution < 1.29 is 24.2 Å². The zero-order valence-corrected chi connectivity index (χ0v) is 17.8. The van der Waals surface area contributed by atoms with Gasteiger partial charge in [-0.15, -0.1) is 0 Å². The number of halogens is 1. The molecule has 162 valence electrons. The van der Waals surface area contributed by atoms with Crippen molar-refractivity contribution in [2.45, 2.75) is 18.6 Å². The fourth-order valence-electron chi connectivity index (χ4n) is 4.16. The fraction of sp³-hybridized carbons (Fsp3) is 0.200. The molecule has 5 rings (SSSR count). The van der Waals surface area contributed by atoms with E-state index in [2.05, 4.69) is 0 Å². The number of carbonyl (C=O) groups excluding carboxylic acids is 2. The van der Waals surface area contributed by atoms with Gasteiger partial charge in [0.2, 0.25) is 0 Å². The lowest BCUT2D eigenvalue weighted by Gasteiger charge is -2.23. The number of rotatable bonds is 5. The second-order valence-electron chi connectivity index (χ2n) is 7.85. The number of Topliss-reactive ketones (excluding diaryl/α,β-unsaturated/α-hetero) is 1. The molecule has 0 aliphatic carbocycles. The Morgan fingerprint density at radius 1 is 1.00 bits per heavy atom. The highest BCUT2D eigenvalue weighted by Gasteiger charge is 2.50. The molecule has 2 aliphatic rings. The Balaban J connectivity index is 1.44. The van der Waals surface area contributed by atoms with Gasteiger partial charge >= 0.3 is 0 Å². The van der Waals surface area contributed by atoms with E-state index in [0.717, 1.165) is 5.56 Å². The van der Waals surface area contributed by atoms with E-state index >= 15 is 0 Å². The molecular formula is C25H20ClNO5. The van der Waals surface area contributed by atoms with Gasteiger partial charge in [-0.05, 0) is 42.0 Å². The van der Waals surface area contributed by atoms with Crippen molar-refractivity contribution in [2.75, 3.05) is 18.1 Å². The molecule has 0 saturated carbocycles. The zero-order chi connectivity index (χ0) is 22.3. The van der Waals surface area contributed by atoms with Crippen LogP contribution in [0.25, 0.3) is 0 Å². The molecule has 7 heteroatoms. The molecule has 1 amide bonds. The number of para-hydroxylation sites is 1. The Bertz CT molecular complexity index is 1210. The van der Waals surface area contributed by atoms with Gasteiger partial charge in [0.05, 0.1) is 18.7 Å². The number of ketones is 1. The van der Waals surface area contributed by atoms with Crippen LogP contribution >= 0.6 is 11.6 Å². The molecule has 6 nitrogen and oxygen atoms in total. The molecular weight excluding hydrogens is 430 g/mol. The monoisotopic (exact) mass is 449 g/mol. The van der Waals surface area contributed by atoms with Gasteiger partial charge in [0, 0.05) is 16.1 Å². The second kappa shape index (κ2) is 7.97. The second-order valence-corrected chi connectivity index (χ2v) is 8.29. The minimum absolute atomic E-state index is 0.257. The Kier molecular flexibility index (Phi) is 5.12. The van der Waals surface area contributed by atoms with Crippen molar-refractivity contribution >= 4 is 29.0 Å². The summed E-state index contributed by atoms with van der Waals surface area (Å²) in [4.78, 5) is 28.0. The predicted molar refractivity (Wildman–Crippen MR) is 119 cm³/mol. The van der Waals surface area contributed by atoms with Crippen LogP contribution in [-0.4, -0.2) is 30.0 Å². The van der Waals surface area contributed by atoms with Crippen LogP contribution in [0.1, 0.15) is 27.9 Å². The van der Waals surface area contributed by atoms with E-state index < -0.39 is 11.5 Å². The van der Waals surface area contributed by atoms with Crippen LogP contribution in [0.5, 0.6) is 11.5 Å². The van der Waals surface area contributed by atoms with Crippen molar-refractivity contribution in [1.29, 1.82) is 0 Å². The van der Waals surface area contributed by atoms with E-state index in [1.165, 1.54) is 4.90 Å². The van der Waals surface area contributed by atoms with Crippen LogP contribution in [0.3, 0.4) is 0 Å². The van der Waals surface area contributed by atoms with Crippen molar-refractivity contribution in [3.05, 3.63) is 88.4 Å². The minimum Gasteiger partial charge on any atom is -0.486 e. The number of anilines is 1. The summed E-state index contributed by atoms with van der Waals surface area (Å²) in [5, 5.41) is 12.1. The predicted octanol–water partition coefficient (Wildman–Crippen LogP) is 4.12. The first-order valence-corrected chi connectivity index (χ1v) is 10.6. The number of fused-ring (bicyclic) bond motifs is 2. The number of nitrogens with zero attached hydrogens (tertiary/aromatic N) is 1. The first-order chi connectivity index (χ1) is 15.5. The third-order valence-electron chi connectivity index (χ3n) is 5.77. The number of benzene rings is 3. The fourth-order valence-corrected chi connectivity index (χ4v) is 4.28. The van der Waals surface area contributed by atoms with E-state index in [0.29, 0.717) is 46.5 Å². The van der Waals surface area contributed by atoms with Gasteiger partial charge < -0.3 is 19.5 Å². The van der Waals surface area contributed by atoms with Crippen molar-refractivity contribution in [2.24, 2.45) is 0 Å². The molecule has 2 heterocycles. The van der Waals surface area contributed by atoms with Crippen LogP contribution in [0.15, 0.2) is 66.7 Å². The maximum atomic E-state index is 13.4. The average molecular weight is 450 g/mol. The zero-order valence-electron chi connectivity index (χ0n) is 17.1. The number of carbonyl (C=O) groups is 2. The Morgan fingerprint density at radius 3 is 2.50 bits per heavy atom. The lowest BCUT2D eigenvalue weighted by molar-refractivity contribution is -0.136. The van der Waals surface area contributed by atoms with Crippen LogP contribution in [0.2, 0.25) is 5.02 Å². The van der Waals surface area contributed by atoms with Gasteiger partial charge in [0.25, 0.3) is 5.91 Å². The highest BCUT2D eigenvalue weighted by atomic mass is 35.5. The number of hydrogen-bond acceptors (Lipinski definition) is 5. The molecule has 0 fully saturated rings. The molecule has 0 aromatic heterocycles. The molecule has 0 bridgehead atoms. The van der Waals surface area contributed by atoms with Crippen molar-refractivity contribution in [1.82, 2.24) is 0 Å². The van der Waals surface area contributed by atoms with E-state index in [1.54, 1.807) is 54.6 Å². The van der Waals surface area contributed by atoms with Gasteiger partial charge in [-0.1, -0.05) is 41.9 Å². The van der Waals surface area contributed by atoms with Crippen molar-refractivity contribution in [3.8, 4) is 11.5 Å². The van der Waals surface area contributed by atoms with Crippen LogP contribution in [-0.2, 0) is 16.9 Å². The number of amides is 1. The molecule has 1 N–H and O–H groups in total. The summed E-state index contributed by atoms with van der Waals surface area (Å²) in [6, 6.07) is 19.1. The van der Waals surface area contributed by atoms with E-state index in [4.69, 9.17) is 21.1 Å². The molecule has 32 heavy (non-hydrogen) atoms. The average Bonchev–Trinajstić information content (AvgIpc) is 3.02. The van der Waals surface area contributed by atoms with Crippen LogP contribution < -0.4 is 14.4 Å². The van der Waals surface area contributed by atoms with Crippen LogP contribution in [0.4, 0.5) is 5.69 Å². The minimum atomic E-state index is -1.95. The summed E-state index contributed by atoms with van der Waals surface area (Å²) in [5.74, 6) is 0.167. The van der Waals surface area contributed by atoms with Crippen LogP contribution in [0, 0.1) is 0 Å². The maximum Gasteiger partial charge on any atom is 0.264 e. The summed E-state index contributed by atoms with van der Waals surface area (Å²) in [6.45, 7) is 1.11. The lowest BCUT2D eigenvalue weighted by Crippen LogP contribution is -2.41. The highest BCUT2D eigenvalue weighted by molar-refractivity contribution is 6.30. The Hall–Kier alpha value is -3.35. The van der Waals surface area contributed by atoms with E-state index in [1.807, 2.05) is 12.1 Å². The topological polar surface area (TPSA) is 76.1 Å². The SMILES string of the molecule is O=C(CC1(O)C(=O)N(Cc2ccc(Cl)cc2)c2ccccc21)c1ccc2c(c1)OCCO2. The van der Waals surface area contributed by atoms with Gasteiger partial charge in [0.1, 0.15) is 13.2 Å². The summed E-state index contributed by atoms with van der Waals surface area (Å²) in [7, 11) is 0. The largest absolute Gasteiger partial charge is 0.486 e. The van der Waals surface area contributed by atoms with Gasteiger partial charge in [0.15, 0.2) is 22.9 Å². The molecule has 1 unspecified atom stereocenters. The van der Waals surface area contributed by atoms with Gasteiger partial charge in [-0.3, -0.25) is 9.59 Å². The standard InChI is InChI=1S/C25H20ClNO5/c26-18-8-5-16(6-9-18)15-27-20-4-2-1-3-19(20)25(30,24(27)29)14-21(28)17-7-10-22-23(13-17)32-12-11-31-22/h1-10,13,30H,11-12,14-15H2. The summed E-state index contributed by atoms with van der Waals surface area (Å²) < 4.78 is 11.1. The summed E-state index contributed by atoms with van der Waals surface area (Å²) in [6.07, 6.45) is -0.375. The molecule has 3 aromatic rings. The number of hydrogen-bond donors (Lipinski definition) is 1.